The van der Waals surface area contributed by atoms with Gasteiger partial charge in [-0.1, -0.05) is 36.4 Å². The fourth-order valence-corrected chi connectivity index (χ4v) is 2.35. The number of carboxylic acid groups (broad SMARTS) is 1. The van der Waals surface area contributed by atoms with Gasteiger partial charge in [0.2, 0.25) is 0 Å². The molecule has 0 aliphatic rings. The van der Waals surface area contributed by atoms with Crippen LogP contribution in [-0.2, 0) is 11.2 Å². The van der Waals surface area contributed by atoms with Gasteiger partial charge in [0.25, 0.3) is 0 Å². The van der Waals surface area contributed by atoms with Gasteiger partial charge in [0, 0.05) is 12.5 Å². The molecule has 1 aromatic carbocycles. The average molecular weight is 309 g/mol. The third kappa shape index (κ3) is 5.11. The molecule has 0 amide bonds. The van der Waals surface area contributed by atoms with Gasteiger partial charge in [-0.05, 0) is 37.0 Å². The quantitative estimate of drug-likeness (QED) is 0.820. The van der Waals surface area contributed by atoms with Crippen molar-refractivity contribution in [3.8, 4) is 6.07 Å². The molecule has 5 heteroatoms. The van der Waals surface area contributed by atoms with E-state index in [2.05, 4.69) is 16.4 Å². The lowest BCUT2D eigenvalue weighted by molar-refractivity contribution is -0.137. The standard InChI is InChI=1S/C18H19N3O2/c1-13-7-9-17(21-16(13)12-19)20-15(8-10-18(22)23)11-14-5-3-2-4-6-14/h2-7,9,15H,8,10-11H2,1H3,(H,20,21)(H,22,23). The second kappa shape index (κ2) is 7.95. The molecule has 0 fully saturated rings. The Bertz CT molecular complexity index is 708. The van der Waals surface area contributed by atoms with Gasteiger partial charge in [0.05, 0.1) is 0 Å². The number of nitrogens with one attached hydrogen (secondary N) is 1. The van der Waals surface area contributed by atoms with Crippen LogP contribution < -0.4 is 5.32 Å². The van der Waals surface area contributed by atoms with Crippen molar-refractivity contribution >= 4 is 11.8 Å². The van der Waals surface area contributed by atoms with Crippen LogP contribution in [0.15, 0.2) is 42.5 Å². The zero-order valence-electron chi connectivity index (χ0n) is 13.0. The lowest BCUT2D eigenvalue weighted by Gasteiger charge is -2.19. The number of nitrogens with zero attached hydrogens (tertiary/aromatic N) is 2. The number of hydrogen-bond acceptors (Lipinski definition) is 4. The molecule has 0 saturated carbocycles. The van der Waals surface area contributed by atoms with Gasteiger partial charge in [-0.2, -0.15) is 5.26 Å². The molecule has 2 aromatic rings. The number of anilines is 1. The molecule has 5 nitrogen and oxygen atoms in total. The summed E-state index contributed by atoms with van der Waals surface area (Å²) in [6.07, 6.45) is 1.27. The van der Waals surface area contributed by atoms with Crippen LogP contribution in [0.5, 0.6) is 0 Å². The Morgan fingerprint density at radius 1 is 1.30 bits per heavy atom. The lowest BCUT2D eigenvalue weighted by atomic mass is 10.0. The first-order valence-electron chi connectivity index (χ1n) is 7.48. The zero-order valence-corrected chi connectivity index (χ0v) is 13.0. The highest BCUT2D eigenvalue weighted by atomic mass is 16.4. The first-order valence-corrected chi connectivity index (χ1v) is 7.48. The summed E-state index contributed by atoms with van der Waals surface area (Å²) in [4.78, 5) is 15.1. The average Bonchev–Trinajstić information content (AvgIpc) is 2.55. The SMILES string of the molecule is Cc1ccc(NC(CCC(=O)O)Cc2ccccc2)nc1C#N. The minimum atomic E-state index is -0.820. The van der Waals surface area contributed by atoms with Crippen molar-refractivity contribution in [3.05, 3.63) is 59.3 Å². The number of aryl methyl sites for hydroxylation is 1. The summed E-state index contributed by atoms with van der Waals surface area (Å²) in [5, 5.41) is 21.3. The number of benzene rings is 1. The monoisotopic (exact) mass is 309 g/mol. The summed E-state index contributed by atoms with van der Waals surface area (Å²) in [5.41, 5.74) is 2.33. The van der Waals surface area contributed by atoms with Crippen LogP contribution in [0.2, 0.25) is 0 Å². The number of rotatable bonds is 7. The number of aromatic nitrogens is 1. The maximum atomic E-state index is 10.9. The van der Waals surface area contributed by atoms with Crippen molar-refractivity contribution in [2.24, 2.45) is 0 Å². The highest BCUT2D eigenvalue weighted by molar-refractivity contribution is 5.66. The Morgan fingerprint density at radius 3 is 2.70 bits per heavy atom. The molecule has 0 bridgehead atoms. The summed E-state index contributed by atoms with van der Waals surface area (Å²) < 4.78 is 0. The van der Waals surface area contributed by atoms with Crippen LogP contribution >= 0.6 is 0 Å². The number of aliphatic carboxylic acids is 1. The molecule has 1 unspecified atom stereocenters. The van der Waals surface area contributed by atoms with E-state index in [1.54, 1.807) is 0 Å². The Hall–Kier alpha value is -2.87. The predicted octanol–water partition coefficient (Wildman–Crippen LogP) is 3.15. The molecule has 118 valence electrons. The molecule has 2 rings (SSSR count). The van der Waals surface area contributed by atoms with E-state index in [1.165, 1.54) is 0 Å². The fraction of sp³-hybridized carbons (Fsp3) is 0.278. The third-order valence-corrected chi connectivity index (χ3v) is 3.59. The molecule has 0 aliphatic carbocycles. The molecular formula is C18H19N3O2. The highest BCUT2D eigenvalue weighted by Gasteiger charge is 2.13. The van der Waals surface area contributed by atoms with E-state index < -0.39 is 5.97 Å². The summed E-state index contributed by atoms with van der Waals surface area (Å²) in [5.74, 6) is -0.224. The summed E-state index contributed by atoms with van der Waals surface area (Å²) >= 11 is 0. The zero-order chi connectivity index (χ0) is 16.7. The largest absolute Gasteiger partial charge is 0.481 e. The van der Waals surface area contributed by atoms with Gasteiger partial charge in [-0.3, -0.25) is 4.79 Å². The van der Waals surface area contributed by atoms with E-state index in [4.69, 9.17) is 10.4 Å². The maximum absolute atomic E-state index is 10.9. The number of nitriles is 1. The summed E-state index contributed by atoms with van der Waals surface area (Å²) in [6, 6.07) is 15.5. The minimum absolute atomic E-state index is 0.0600. The molecule has 23 heavy (non-hydrogen) atoms. The van der Waals surface area contributed by atoms with Crippen molar-refractivity contribution in [1.29, 1.82) is 5.26 Å². The Morgan fingerprint density at radius 2 is 2.04 bits per heavy atom. The number of carboxylic acids is 1. The van der Waals surface area contributed by atoms with Crippen LogP contribution in [0.1, 0.15) is 29.7 Å². The van der Waals surface area contributed by atoms with Crippen molar-refractivity contribution in [1.82, 2.24) is 4.98 Å². The second-order valence-electron chi connectivity index (χ2n) is 5.44. The lowest BCUT2D eigenvalue weighted by Crippen LogP contribution is -2.24. The van der Waals surface area contributed by atoms with Crippen molar-refractivity contribution in [2.45, 2.75) is 32.2 Å². The molecule has 2 N–H and O–H groups in total. The topological polar surface area (TPSA) is 86.0 Å². The number of hydrogen-bond donors (Lipinski definition) is 2. The molecule has 0 aliphatic heterocycles. The first kappa shape index (κ1) is 16.5. The van der Waals surface area contributed by atoms with Crippen LogP contribution in [0.25, 0.3) is 0 Å². The Labute approximate surface area is 135 Å². The number of carbonyl (C=O) groups is 1. The molecule has 0 radical (unpaired) electrons. The van der Waals surface area contributed by atoms with E-state index in [0.717, 1.165) is 11.1 Å². The van der Waals surface area contributed by atoms with Gasteiger partial charge in [0.15, 0.2) is 0 Å². The van der Waals surface area contributed by atoms with Crippen molar-refractivity contribution in [2.75, 3.05) is 5.32 Å². The van der Waals surface area contributed by atoms with E-state index in [-0.39, 0.29) is 12.5 Å². The van der Waals surface area contributed by atoms with Crippen LogP contribution in [0, 0.1) is 18.3 Å². The van der Waals surface area contributed by atoms with E-state index in [9.17, 15) is 4.79 Å². The van der Waals surface area contributed by atoms with Gasteiger partial charge in [-0.25, -0.2) is 4.98 Å². The summed E-state index contributed by atoms with van der Waals surface area (Å²) in [7, 11) is 0. The normalized spacial score (nSPS) is 11.5. The molecule has 0 spiro atoms. The maximum Gasteiger partial charge on any atom is 0.303 e. The highest BCUT2D eigenvalue weighted by Crippen LogP contribution is 2.15. The molecular weight excluding hydrogens is 290 g/mol. The minimum Gasteiger partial charge on any atom is -0.481 e. The fourth-order valence-electron chi connectivity index (χ4n) is 2.35. The predicted molar refractivity (Wildman–Crippen MR) is 88.1 cm³/mol. The second-order valence-corrected chi connectivity index (χ2v) is 5.44. The van der Waals surface area contributed by atoms with Crippen molar-refractivity contribution < 1.29 is 9.90 Å². The Balaban J connectivity index is 2.13. The first-order chi connectivity index (χ1) is 11.1. The molecule has 1 heterocycles. The molecule has 1 atom stereocenters. The third-order valence-electron chi connectivity index (χ3n) is 3.59. The Kier molecular flexibility index (Phi) is 5.70. The smallest absolute Gasteiger partial charge is 0.303 e. The van der Waals surface area contributed by atoms with Crippen LogP contribution in [0.3, 0.4) is 0 Å². The van der Waals surface area contributed by atoms with Gasteiger partial charge < -0.3 is 10.4 Å². The van der Waals surface area contributed by atoms with Gasteiger partial charge >= 0.3 is 5.97 Å². The van der Waals surface area contributed by atoms with Gasteiger partial charge in [-0.15, -0.1) is 0 Å². The van der Waals surface area contributed by atoms with Crippen LogP contribution in [0.4, 0.5) is 5.82 Å². The van der Waals surface area contributed by atoms with Gasteiger partial charge in [0.1, 0.15) is 17.6 Å². The molecule has 0 saturated heterocycles. The van der Waals surface area contributed by atoms with E-state index in [0.29, 0.717) is 24.4 Å². The summed E-state index contributed by atoms with van der Waals surface area (Å²) in [6.45, 7) is 1.83. The van der Waals surface area contributed by atoms with Crippen LogP contribution in [-0.4, -0.2) is 22.1 Å². The van der Waals surface area contributed by atoms with Crippen molar-refractivity contribution in [3.63, 3.8) is 0 Å². The number of pyridine rings is 1. The van der Waals surface area contributed by atoms with E-state index >= 15 is 0 Å². The van der Waals surface area contributed by atoms with E-state index in [1.807, 2.05) is 49.4 Å². The molecule has 1 aromatic heterocycles.